The van der Waals surface area contributed by atoms with Crippen molar-refractivity contribution in [1.29, 1.82) is 0 Å². The molecular weight excluding hydrogens is 757 g/mol. The van der Waals surface area contributed by atoms with Gasteiger partial charge in [0.05, 0.1) is 27.7 Å². The Morgan fingerprint density at radius 2 is 0.968 bits per heavy atom. The van der Waals surface area contributed by atoms with E-state index in [1.54, 1.807) is 0 Å². The summed E-state index contributed by atoms with van der Waals surface area (Å²) in [6.45, 7) is 0. The van der Waals surface area contributed by atoms with E-state index >= 15 is 0 Å². The second kappa shape index (κ2) is 13.6. The van der Waals surface area contributed by atoms with Crippen molar-refractivity contribution in [3.05, 3.63) is 206 Å². The van der Waals surface area contributed by atoms with Crippen LogP contribution < -0.4 is 0 Å². The van der Waals surface area contributed by atoms with Crippen molar-refractivity contribution in [2.24, 2.45) is 0 Å². The van der Waals surface area contributed by atoms with Crippen LogP contribution in [0.3, 0.4) is 0 Å². The average molecular weight is 791 g/mol. The van der Waals surface area contributed by atoms with Crippen LogP contribution in [0.2, 0.25) is 0 Å². The van der Waals surface area contributed by atoms with Gasteiger partial charge in [-0.3, -0.25) is 0 Å². The molecule has 62 heavy (non-hydrogen) atoms. The molecule has 0 amide bonds. The molecule has 0 bridgehead atoms. The van der Waals surface area contributed by atoms with Crippen LogP contribution in [-0.2, 0) is 0 Å². The van der Waals surface area contributed by atoms with E-state index in [0.29, 0.717) is 17.5 Å². The number of rotatable bonds is 5. The third-order valence-corrected chi connectivity index (χ3v) is 12.4. The minimum absolute atomic E-state index is 0.539. The fourth-order valence-corrected chi connectivity index (χ4v) is 9.46. The molecule has 13 aromatic rings. The number of benzene rings is 10. The maximum atomic E-state index is 6.92. The van der Waals surface area contributed by atoms with Crippen molar-refractivity contribution in [1.82, 2.24) is 19.5 Å². The third kappa shape index (κ3) is 5.38. The highest BCUT2D eigenvalue weighted by Gasteiger charge is 2.23. The molecule has 0 atom stereocenters. The second-order valence-electron chi connectivity index (χ2n) is 16.0. The van der Waals surface area contributed by atoms with Crippen molar-refractivity contribution in [3.8, 4) is 51.0 Å². The summed E-state index contributed by atoms with van der Waals surface area (Å²) in [6.07, 6.45) is 0. The van der Waals surface area contributed by atoms with E-state index in [2.05, 4.69) is 193 Å². The lowest BCUT2D eigenvalue weighted by Gasteiger charge is -2.13. The van der Waals surface area contributed by atoms with Crippen LogP contribution in [0.5, 0.6) is 0 Å². The van der Waals surface area contributed by atoms with Gasteiger partial charge in [0, 0.05) is 27.3 Å². The Hall–Kier alpha value is -8.41. The lowest BCUT2D eigenvalue weighted by Crippen LogP contribution is -2.01. The van der Waals surface area contributed by atoms with Gasteiger partial charge in [-0.25, -0.2) is 15.0 Å². The van der Waals surface area contributed by atoms with Crippen molar-refractivity contribution in [2.75, 3.05) is 0 Å². The molecule has 0 aliphatic heterocycles. The van der Waals surface area contributed by atoms with E-state index in [1.807, 2.05) is 18.2 Å². The molecular formula is C57H34N4O. The first kappa shape index (κ1) is 34.5. The average Bonchev–Trinajstić information content (AvgIpc) is 3.89. The Morgan fingerprint density at radius 3 is 1.82 bits per heavy atom. The first-order valence-electron chi connectivity index (χ1n) is 20.9. The number of hydrogen-bond donors (Lipinski definition) is 0. The van der Waals surface area contributed by atoms with Crippen LogP contribution in [-0.4, -0.2) is 19.5 Å². The number of nitrogens with zero attached hydrogens (tertiary/aromatic N) is 4. The second-order valence-corrected chi connectivity index (χ2v) is 16.0. The van der Waals surface area contributed by atoms with Gasteiger partial charge in [-0.05, 0) is 92.0 Å². The largest absolute Gasteiger partial charge is 0.455 e. The maximum absolute atomic E-state index is 6.92. The number of furan rings is 1. The monoisotopic (exact) mass is 790 g/mol. The molecule has 0 saturated heterocycles. The summed E-state index contributed by atoms with van der Waals surface area (Å²) in [5.41, 5.74) is 9.64. The normalized spacial score (nSPS) is 11.9. The quantitative estimate of drug-likeness (QED) is 0.163. The SMILES string of the molecule is c1ccc(-c2cccc(-c3nc(-c4ccc5c(ccc6ccccc65)c4)nc(-c4ccc(-n5c6ccccc6c6cc7ccccc7cc65)c5c4oc4ccccc45)n3)c2)cc1. The summed E-state index contributed by atoms with van der Waals surface area (Å²) < 4.78 is 9.32. The molecule has 5 heteroatoms. The fourth-order valence-electron chi connectivity index (χ4n) is 9.46. The molecule has 5 nitrogen and oxygen atoms in total. The first-order chi connectivity index (χ1) is 30.7. The number of hydrogen-bond acceptors (Lipinski definition) is 4. The molecule has 0 radical (unpaired) electrons. The molecule has 0 N–H and O–H groups in total. The maximum Gasteiger partial charge on any atom is 0.167 e. The van der Waals surface area contributed by atoms with Gasteiger partial charge >= 0.3 is 0 Å². The van der Waals surface area contributed by atoms with Crippen LogP contribution in [0.1, 0.15) is 0 Å². The summed E-state index contributed by atoms with van der Waals surface area (Å²) in [5, 5.41) is 11.6. The summed E-state index contributed by atoms with van der Waals surface area (Å²) in [6, 6.07) is 72.8. The highest BCUT2D eigenvalue weighted by Crippen LogP contribution is 2.43. The van der Waals surface area contributed by atoms with Crippen LogP contribution in [0.25, 0.3) is 127 Å². The predicted molar refractivity (Wildman–Crippen MR) is 256 cm³/mol. The zero-order valence-electron chi connectivity index (χ0n) is 33.3. The molecule has 0 fully saturated rings. The van der Waals surface area contributed by atoms with Gasteiger partial charge in [0.15, 0.2) is 17.5 Å². The van der Waals surface area contributed by atoms with Crippen molar-refractivity contribution >= 4 is 76.1 Å². The van der Waals surface area contributed by atoms with Gasteiger partial charge < -0.3 is 8.98 Å². The number of aromatic nitrogens is 4. The molecule has 3 heterocycles. The Bertz CT molecular complexity index is 3940. The molecule has 10 aromatic carbocycles. The molecule has 288 valence electrons. The Balaban J connectivity index is 1.07. The zero-order chi connectivity index (χ0) is 40.7. The van der Waals surface area contributed by atoms with E-state index < -0.39 is 0 Å². The molecule has 0 unspecified atom stereocenters. The number of para-hydroxylation sites is 2. The minimum Gasteiger partial charge on any atom is -0.455 e. The first-order valence-corrected chi connectivity index (χ1v) is 20.9. The van der Waals surface area contributed by atoms with Crippen molar-refractivity contribution in [3.63, 3.8) is 0 Å². The van der Waals surface area contributed by atoms with E-state index in [1.165, 1.54) is 37.7 Å². The molecule has 0 aliphatic rings. The summed E-state index contributed by atoms with van der Waals surface area (Å²) >= 11 is 0. The topological polar surface area (TPSA) is 56.7 Å². The van der Waals surface area contributed by atoms with Crippen LogP contribution in [0, 0.1) is 0 Å². The summed E-state index contributed by atoms with van der Waals surface area (Å²) in [7, 11) is 0. The van der Waals surface area contributed by atoms with Gasteiger partial charge in [-0.2, -0.15) is 0 Å². The highest BCUT2D eigenvalue weighted by molar-refractivity contribution is 6.18. The Kier molecular flexibility index (Phi) is 7.54. The van der Waals surface area contributed by atoms with E-state index in [9.17, 15) is 0 Å². The van der Waals surface area contributed by atoms with E-state index in [-0.39, 0.29) is 0 Å². The van der Waals surface area contributed by atoms with Crippen LogP contribution in [0.15, 0.2) is 211 Å². The number of fused-ring (bicyclic) bond motifs is 10. The smallest absolute Gasteiger partial charge is 0.167 e. The van der Waals surface area contributed by atoms with Gasteiger partial charge in [-0.15, -0.1) is 0 Å². The molecule has 0 aliphatic carbocycles. The zero-order valence-corrected chi connectivity index (χ0v) is 33.3. The van der Waals surface area contributed by atoms with E-state index in [4.69, 9.17) is 19.4 Å². The Morgan fingerprint density at radius 1 is 0.339 bits per heavy atom. The van der Waals surface area contributed by atoms with Crippen molar-refractivity contribution in [2.45, 2.75) is 0 Å². The van der Waals surface area contributed by atoms with Gasteiger partial charge in [-0.1, -0.05) is 158 Å². The van der Waals surface area contributed by atoms with Gasteiger partial charge in [0.1, 0.15) is 11.2 Å². The Labute approximate surface area is 355 Å². The lowest BCUT2D eigenvalue weighted by molar-refractivity contribution is 0.669. The lowest BCUT2D eigenvalue weighted by atomic mass is 10.00. The fraction of sp³-hybridized carbons (Fsp3) is 0. The van der Waals surface area contributed by atoms with Gasteiger partial charge in [0.25, 0.3) is 0 Å². The summed E-state index contributed by atoms with van der Waals surface area (Å²) in [5.74, 6) is 1.72. The van der Waals surface area contributed by atoms with Crippen molar-refractivity contribution < 1.29 is 4.42 Å². The van der Waals surface area contributed by atoms with Crippen LogP contribution >= 0.6 is 0 Å². The third-order valence-electron chi connectivity index (χ3n) is 12.4. The molecule has 13 rings (SSSR count). The minimum atomic E-state index is 0.539. The molecule has 3 aromatic heterocycles. The summed E-state index contributed by atoms with van der Waals surface area (Å²) in [4.78, 5) is 15.8. The predicted octanol–water partition coefficient (Wildman–Crippen LogP) is 15.0. The van der Waals surface area contributed by atoms with E-state index in [0.717, 1.165) is 71.9 Å². The van der Waals surface area contributed by atoms with Crippen LogP contribution in [0.4, 0.5) is 0 Å². The standard InChI is InChI=1S/C57H34N4O/c1-2-13-35(14-3-1)37-18-12-19-41(31-37)55-58-56(42-27-28-44-40(32-42)26-25-36-15-6-7-20-43(36)44)60-57(59-55)47-29-30-50(53-46-22-9-11-24-52(46)62-54(47)53)61-49-23-10-8-21-45(49)48-33-38-16-4-5-17-39(38)34-51(48)61/h1-34H. The molecule has 0 saturated carbocycles. The van der Waals surface area contributed by atoms with Gasteiger partial charge in [0.2, 0.25) is 0 Å². The molecule has 0 spiro atoms. The highest BCUT2D eigenvalue weighted by atomic mass is 16.3.